The predicted molar refractivity (Wildman–Crippen MR) is 120 cm³/mol. The average molecular weight is 400 g/mol. The van der Waals surface area contributed by atoms with E-state index >= 15 is 0 Å². The highest BCUT2D eigenvalue weighted by Crippen LogP contribution is 2.50. The molecule has 0 unspecified atom stereocenters. The minimum atomic E-state index is -0.478. The van der Waals surface area contributed by atoms with Gasteiger partial charge in [0.05, 0.1) is 12.2 Å². The van der Waals surface area contributed by atoms with Gasteiger partial charge in [-0.3, -0.25) is 0 Å². The van der Waals surface area contributed by atoms with Crippen LogP contribution in [0.2, 0.25) is 0 Å². The molecule has 6 atom stereocenters. The maximum Gasteiger partial charge on any atom is 0.0755 e. The summed E-state index contributed by atoms with van der Waals surface area (Å²) in [6.45, 7) is 7.76. The fraction of sp³-hybridized carbons (Fsp3) is 0.769. The molecule has 3 nitrogen and oxygen atoms in total. The number of aliphatic hydroxyl groups is 2. The van der Waals surface area contributed by atoms with Gasteiger partial charge in [0.1, 0.15) is 0 Å². The van der Waals surface area contributed by atoms with Crippen LogP contribution in [0.1, 0.15) is 71.6 Å². The van der Waals surface area contributed by atoms with Crippen molar-refractivity contribution in [3.8, 4) is 11.8 Å². The van der Waals surface area contributed by atoms with Crippen molar-refractivity contribution in [1.82, 2.24) is 4.90 Å². The molecular formula is C26H41NO2. The second kappa shape index (κ2) is 11.3. The summed E-state index contributed by atoms with van der Waals surface area (Å²) in [4.78, 5) is 2.61. The van der Waals surface area contributed by atoms with E-state index in [1.807, 2.05) is 19.9 Å². The van der Waals surface area contributed by atoms with E-state index in [1.165, 1.54) is 58.2 Å². The quantitative estimate of drug-likeness (QED) is 0.339. The molecule has 2 N–H and O–H groups in total. The molecule has 0 aromatic rings. The minimum Gasteiger partial charge on any atom is -0.392 e. The van der Waals surface area contributed by atoms with Crippen molar-refractivity contribution in [1.29, 1.82) is 0 Å². The van der Waals surface area contributed by atoms with Gasteiger partial charge in [0.2, 0.25) is 0 Å². The number of hydrogen-bond acceptors (Lipinski definition) is 3. The maximum atomic E-state index is 10.5. The summed E-state index contributed by atoms with van der Waals surface area (Å²) < 4.78 is 0. The molecule has 3 aliphatic rings. The van der Waals surface area contributed by atoms with Crippen LogP contribution in [0.5, 0.6) is 0 Å². The van der Waals surface area contributed by atoms with E-state index < -0.39 is 6.10 Å². The van der Waals surface area contributed by atoms with E-state index in [9.17, 15) is 10.2 Å². The lowest BCUT2D eigenvalue weighted by Gasteiger charge is -2.19. The van der Waals surface area contributed by atoms with Crippen LogP contribution in [0.15, 0.2) is 23.8 Å². The number of unbranched alkanes of at least 4 members (excludes halogenated alkanes) is 2. The SMILES string of the molecule is CC#CC[C@@H](C)[C@H](O)/C=C/[C@@H]1[C@H]2C/C(=C/CCCCN3CCCC3)C[C@H]2C[C@H]1O. The molecule has 0 aromatic heterocycles. The molecule has 1 saturated heterocycles. The van der Waals surface area contributed by atoms with Crippen molar-refractivity contribution in [2.75, 3.05) is 19.6 Å². The zero-order valence-corrected chi connectivity index (χ0v) is 18.5. The first-order chi connectivity index (χ1) is 14.1. The van der Waals surface area contributed by atoms with Gasteiger partial charge in [-0.25, -0.2) is 0 Å². The van der Waals surface area contributed by atoms with E-state index in [0.717, 1.165) is 12.8 Å². The van der Waals surface area contributed by atoms with Crippen LogP contribution in [-0.4, -0.2) is 47.0 Å². The van der Waals surface area contributed by atoms with Crippen LogP contribution in [-0.2, 0) is 0 Å². The van der Waals surface area contributed by atoms with Gasteiger partial charge in [0, 0.05) is 12.3 Å². The molecule has 0 bridgehead atoms. The number of rotatable bonds is 9. The molecule has 0 amide bonds. The van der Waals surface area contributed by atoms with Crippen LogP contribution in [0, 0.1) is 35.5 Å². The Morgan fingerprint density at radius 1 is 1.21 bits per heavy atom. The van der Waals surface area contributed by atoms with Crippen molar-refractivity contribution < 1.29 is 10.2 Å². The lowest BCUT2D eigenvalue weighted by Crippen LogP contribution is -2.20. The van der Waals surface area contributed by atoms with E-state index in [-0.39, 0.29) is 17.9 Å². The van der Waals surface area contributed by atoms with Gasteiger partial charge in [-0.1, -0.05) is 30.7 Å². The Labute approximate surface area is 178 Å². The smallest absolute Gasteiger partial charge is 0.0755 e. The van der Waals surface area contributed by atoms with Gasteiger partial charge >= 0.3 is 0 Å². The van der Waals surface area contributed by atoms with Gasteiger partial charge in [-0.05, 0) is 95.7 Å². The van der Waals surface area contributed by atoms with E-state index in [0.29, 0.717) is 18.3 Å². The predicted octanol–water partition coefficient (Wildman–Crippen LogP) is 4.55. The molecule has 29 heavy (non-hydrogen) atoms. The highest BCUT2D eigenvalue weighted by atomic mass is 16.3. The third-order valence-corrected chi connectivity index (χ3v) is 7.39. The van der Waals surface area contributed by atoms with Crippen LogP contribution in [0.25, 0.3) is 0 Å². The van der Waals surface area contributed by atoms with Gasteiger partial charge in [0.25, 0.3) is 0 Å². The molecule has 3 fully saturated rings. The number of aliphatic hydroxyl groups excluding tert-OH is 2. The van der Waals surface area contributed by atoms with Crippen molar-refractivity contribution in [3.63, 3.8) is 0 Å². The number of likely N-dealkylation sites (tertiary alicyclic amines) is 1. The molecular weight excluding hydrogens is 358 g/mol. The number of nitrogens with zero attached hydrogens (tertiary/aromatic N) is 1. The normalized spacial score (nSPS) is 33.2. The fourth-order valence-corrected chi connectivity index (χ4v) is 5.55. The Kier molecular flexibility index (Phi) is 8.85. The molecule has 0 radical (unpaired) electrons. The maximum absolute atomic E-state index is 10.5. The highest BCUT2D eigenvalue weighted by Gasteiger charge is 2.44. The van der Waals surface area contributed by atoms with Crippen molar-refractivity contribution in [2.45, 2.75) is 83.8 Å². The first-order valence-electron chi connectivity index (χ1n) is 11.9. The zero-order chi connectivity index (χ0) is 20.6. The summed E-state index contributed by atoms with van der Waals surface area (Å²) in [6.07, 6.45) is 16.3. The molecule has 3 heteroatoms. The summed E-state index contributed by atoms with van der Waals surface area (Å²) in [7, 11) is 0. The Balaban J connectivity index is 1.43. The molecule has 2 saturated carbocycles. The van der Waals surface area contributed by atoms with Crippen molar-refractivity contribution in [2.24, 2.45) is 23.7 Å². The van der Waals surface area contributed by atoms with Gasteiger partial charge in [-0.15, -0.1) is 11.8 Å². The third kappa shape index (κ3) is 6.45. The molecule has 0 aromatic carbocycles. The summed E-state index contributed by atoms with van der Waals surface area (Å²) >= 11 is 0. The summed E-state index contributed by atoms with van der Waals surface area (Å²) in [5.74, 6) is 7.45. The number of hydrogen-bond donors (Lipinski definition) is 2. The number of fused-ring (bicyclic) bond motifs is 1. The molecule has 2 aliphatic carbocycles. The van der Waals surface area contributed by atoms with E-state index in [1.54, 1.807) is 5.57 Å². The third-order valence-electron chi connectivity index (χ3n) is 7.39. The minimum absolute atomic E-state index is 0.132. The Morgan fingerprint density at radius 3 is 2.76 bits per heavy atom. The van der Waals surface area contributed by atoms with Gasteiger partial charge in [-0.2, -0.15) is 0 Å². The monoisotopic (exact) mass is 399 g/mol. The molecule has 162 valence electrons. The van der Waals surface area contributed by atoms with Crippen LogP contribution in [0.4, 0.5) is 0 Å². The molecule has 1 aliphatic heterocycles. The second-order valence-corrected chi connectivity index (χ2v) is 9.60. The number of allylic oxidation sites excluding steroid dienone is 2. The Bertz CT molecular complexity index is 622. The first-order valence-corrected chi connectivity index (χ1v) is 11.9. The average Bonchev–Trinajstić information content (AvgIpc) is 3.41. The summed E-state index contributed by atoms with van der Waals surface area (Å²) in [5.41, 5.74) is 1.61. The lowest BCUT2D eigenvalue weighted by molar-refractivity contribution is 0.137. The first kappa shape index (κ1) is 22.6. The second-order valence-electron chi connectivity index (χ2n) is 9.60. The van der Waals surface area contributed by atoms with E-state index in [2.05, 4.69) is 28.9 Å². The van der Waals surface area contributed by atoms with Crippen molar-refractivity contribution in [3.05, 3.63) is 23.8 Å². The zero-order valence-electron chi connectivity index (χ0n) is 18.5. The molecule has 1 heterocycles. The summed E-state index contributed by atoms with van der Waals surface area (Å²) in [6, 6.07) is 0. The van der Waals surface area contributed by atoms with Gasteiger partial charge in [0.15, 0.2) is 0 Å². The topological polar surface area (TPSA) is 43.7 Å². The standard InChI is InChI=1S/C26H41NO2/c1-3-4-10-20(2)25(28)13-12-23-24-18-21(17-22(24)19-26(23)29)11-6-5-7-14-27-15-8-9-16-27/h11-13,20,22-26,28-29H,5-10,14-19H2,1-2H3/b13-12+,21-11+/t20-,22+,23-,24+,25-,26-/m1/s1. The molecule has 0 spiro atoms. The Hall–Kier alpha value is -1.08. The van der Waals surface area contributed by atoms with E-state index in [4.69, 9.17) is 0 Å². The Morgan fingerprint density at radius 2 is 2.00 bits per heavy atom. The molecule has 3 rings (SSSR count). The van der Waals surface area contributed by atoms with Crippen LogP contribution < -0.4 is 0 Å². The van der Waals surface area contributed by atoms with Crippen LogP contribution >= 0.6 is 0 Å². The lowest BCUT2D eigenvalue weighted by atomic mass is 9.89. The largest absolute Gasteiger partial charge is 0.392 e. The van der Waals surface area contributed by atoms with Crippen molar-refractivity contribution >= 4 is 0 Å². The fourth-order valence-electron chi connectivity index (χ4n) is 5.55. The highest BCUT2D eigenvalue weighted by molar-refractivity contribution is 5.18. The summed E-state index contributed by atoms with van der Waals surface area (Å²) in [5, 5.41) is 20.9. The van der Waals surface area contributed by atoms with Gasteiger partial charge < -0.3 is 15.1 Å². The van der Waals surface area contributed by atoms with Crippen LogP contribution in [0.3, 0.4) is 0 Å².